The standard InChI is InChI=1S/C15H12F3IN2O2/c16-9-2-4-12(20-13(23)5-6-22)15(14(9)18)21-11-3-1-8(19)7-10(11)17/h1-4,6-7,13,20-21,23H,5H2. The zero-order valence-electron chi connectivity index (χ0n) is 11.6. The summed E-state index contributed by atoms with van der Waals surface area (Å²) in [7, 11) is 0. The highest BCUT2D eigenvalue weighted by Gasteiger charge is 2.17. The monoisotopic (exact) mass is 436 g/mol. The van der Waals surface area contributed by atoms with Crippen molar-refractivity contribution in [3.05, 3.63) is 51.4 Å². The lowest BCUT2D eigenvalue weighted by Crippen LogP contribution is -2.20. The Kier molecular flexibility index (Phi) is 5.83. The molecule has 0 radical (unpaired) electrons. The summed E-state index contributed by atoms with van der Waals surface area (Å²) in [6, 6.07) is 6.25. The molecule has 0 aromatic heterocycles. The Morgan fingerprint density at radius 1 is 1.13 bits per heavy atom. The zero-order chi connectivity index (χ0) is 17.0. The third-order valence-electron chi connectivity index (χ3n) is 2.93. The molecule has 1 unspecified atom stereocenters. The first-order chi connectivity index (χ1) is 10.9. The molecular formula is C15H12F3IN2O2. The number of hydrogen-bond donors (Lipinski definition) is 3. The molecule has 4 nitrogen and oxygen atoms in total. The summed E-state index contributed by atoms with van der Waals surface area (Å²) in [4.78, 5) is 10.4. The summed E-state index contributed by atoms with van der Waals surface area (Å²) in [6.45, 7) is 0. The summed E-state index contributed by atoms with van der Waals surface area (Å²) in [5.41, 5.74) is -0.422. The van der Waals surface area contributed by atoms with Gasteiger partial charge >= 0.3 is 0 Å². The van der Waals surface area contributed by atoms with Crippen molar-refractivity contribution in [2.45, 2.75) is 12.6 Å². The van der Waals surface area contributed by atoms with Gasteiger partial charge < -0.3 is 20.5 Å². The molecule has 0 amide bonds. The van der Waals surface area contributed by atoms with E-state index in [1.165, 1.54) is 18.2 Å². The molecule has 122 valence electrons. The van der Waals surface area contributed by atoms with E-state index in [-0.39, 0.29) is 23.5 Å². The number of halogens is 4. The lowest BCUT2D eigenvalue weighted by molar-refractivity contribution is -0.109. The first-order valence-electron chi connectivity index (χ1n) is 6.50. The summed E-state index contributed by atoms with van der Waals surface area (Å²) < 4.78 is 42.0. The van der Waals surface area contributed by atoms with Crippen molar-refractivity contribution in [2.24, 2.45) is 0 Å². The Morgan fingerprint density at radius 2 is 1.83 bits per heavy atom. The maximum absolute atomic E-state index is 14.0. The number of carbonyl (C=O) groups excluding carboxylic acids is 1. The van der Waals surface area contributed by atoms with E-state index < -0.39 is 23.7 Å². The number of carbonyl (C=O) groups is 1. The van der Waals surface area contributed by atoms with Crippen LogP contribution < -0.4 is 10.6 Å². The highest BCUT2D eigenvalue weighted by Crippen LogP contribution is 2.32. The van der Waals surface area contributed by atoms with Crippen LogP contribution in [0, 0.1) is 21.0 Å². The second-order valence-corrected chi connectivity index (χ2v) is 5.84. The molecule has 0 saturated carbocycles. The van der Waals surface area contributed by atoms with Gasteiger partial charge in [-0.05, 0) is 52.9 Å². The molecule has 3 N–H and O–H groups in total. The third kappa shape index (κ3) is 4.35. The predicted molar refractivity (Wildman–Crippen MR) is 89.1 cm³/mol. The van der Waals surface area contributed by atoms with Crippen LogP contribution in [0.4, 0.5) is 30.2 Å². The van der Waals surface area contributed by atoms with Gasteiger partial charge in [0.1, 0.15) is 24.0 Å². The number of aldehydes is 1. The maximum atomic E-state index is 14.0. The van der Waals surface area contributed by atoms with Gasteiger partial charge in [0.2, 0.25) is 0 Å². The molecule has 0 aliphatic carbocycles. The molecule has 0 bridgehead atoms. The quantitative estimate of drug-likeness (QED) is 0.367. The molecule has 0 aliphatic heterocycles. The van der Waals surface area contributed by atoms with Crippen molar-refractivity contribution in [3.8, 4) is 0 Å². The largest absolute Gasteiger partial charge is 0.373 e. The van der Waals surface area contributed by atoms with Crippen LogP contribution in [0.5, 0.6) is 0 Å². The van der Waals surface area contributed by atoms with Gasteiger partial charge in [0.05, 0.1) is 11.4 Å². The normalized spacial score (nSPS) is 11.9. The molecular weight excluding hydrogens is 424 g/mol. The molecule has 2 rings (SSSR count). The second kappa shape index (κ2) is 7.64. The van der Waals surface area contributed by atoms with Gasteiger partial charge in [-0.3, -0.25) is 0 Å². The van der Waals surface area contributed by atoms with Crippen LogP contribution in [0.1, 0.15) is 6.42 Å². The van der Waals surface area contributed by atoms with Gasteiger partial charge in [0, 0.05) is 9.99 Å². The van der Waals surface area contributed by atoms with E-state index in [4.69, 9.17) is 0 Å². The smallest absolute Gasteiger partial charge is 0.184 e. The molecule has 8 heteroatoms. The Labute approximate surface area is 143 Å². The zero-order valence-corrected chi connectivity index (χ0v) is 13.8. The van der Waals surface area contributed by atoms with Crippen LogP contribution in [-0.2, 0) is 4.79 Å². The second-order valence-electron chi connectivity index (χ2n) is 4.60. The number of hydrogen-bond acceptors (Lipinski definition) is 4. The van der Waals surface area contributed by atoms with E-state index >= 15 is 0 Å². The lowest BCUT2D eigenvalue weighted by Gasteiger charge is -2.18. The van der Waals surface area contributed by atoms with Gasteiger partial charge in [-0.1, -0.05) is 0 Å². The fourth-order valence-electron chi connectivity index (χ4n) is 1.85. The molecule has 2 aromatic rings. The minimum Gasteiger partial charge on any atom is -0.373 e. The van der Waals surface area contributed by atoms with E-state index in [1.807, 2.05) is 22.6 Å². The van der Waals surface area contributed by atoms with E-state index in [2.05, 4.69) is 10.6 Å². The predicted octanol–water partition coefficient (Wildman–Crippen LogP) is 3.77. The molecule has 23 heavy (non-hydrogen) atoms. The summed E-state index contributed by atoms with van der Waals surface area (Å²) in [6.07, 6.45) is -1.04. The third-order valence-corrected chi connectivity index (χ3v) is 3.60. The highest BCUT2D eigenvalue weighted by molar-refractivity contribution is 14.1. The SMILES string of the molecule is O=CCC(O)Nc1ccc(F)c(F)c1Nc1ccc(I)cc1F. The Hall–Kier alpha value is -1.81. The lowest BCUT2D eigenvalue weighted by atomic mass is 10.2. The van der Waals surface area contributed by atoms with Gasteiger partial charge in [-0.25, -0.2) is 13.2 Å². The van der Waals surface area contributed by atoms with Gasteiger partial charge in [-0.2, -0.15) is 0 Å². The summed E-state index contributed by atoms with van der Waals surface area (Å²) in [5.74, 6) is -3.00. The van der Waals surface area contributed by atoms with Gasteiger partial charge in [0.15, 0.2) is 11.6 Å². The van der Waals surface area contributed by atoms with Gasteiger partial charge in [0.25, 0.3) is 0 Å². The van der Waals surface area contributed by atoms with Crippen LogP contribution in [0.2, 0.25) is 0 Å². The van der Waals surface area contributed by atoms with Crippen LogP contribution in [0.15, 0.2) is 30.3 Å². The van der Waals surface area contributed by atoms with Crippen molar-refractivity contribution in [2.75, 3.05) is 10.6 Å². The van der Waals surface area contributed by atoms with Crippen LogP contribution in [-0.4, -0.2) is 17.6 Å². The first-order valence-corrected chi connectivity index (χ1v) is 7.58. The molecule has 0 saturated heterocycles. The van der Waals surface area contributed by atoms with Crippen LogP contribution in [0.25, 0.3) is 0 Å². The number of nitrogens with one attached hydrogen (secondary N) is 2. The summed E-state index contributed by atoms with van der Waals surface area (Å²) in [5, 5.41) is 14.5. The molecule has 0 fully saturated rings. The average Bonchev–Trinajstić information content (AvgIpc) is 2.49. The molecule has 1 atom stereocenters. The first kappa shape index (κ1) is 17.5. The molecule has 0 spiro atoms. The number of aliphatic hydroxyl groups excluding tert-OH is 1. The van der Waals surface area contributed by atoms with Crippen molar-refractivity contribution in [3.63, 3.8) is 0 Å². The van der Waals surface area contributed by atoms with Crippen molar-refractivity contribution in [1.82, 2.24) is 0 Å². The van der Waals surface area contributed by atoms with Crippen molar-refractivity contribution >= 4 is 45.9 Å². The maximum Gasteiger partial charge on any atom is 0.184 e. The highest BCUT2D eigenvalue weighted by atomic mass is 127. The Bertz CT molecular complexity index is 728. The van der Waals surface area contributed by atoms with Crippen molar-refractivity contribution in [1.29, 1.82) is 0 Å². The number of benzene rings is 2. The molecule has 0 aliphatic rings. The van der Waals surface area contributed by atoms with E-state index in [0.29, 0.717) is 9.86 Å². The fourth-order valence-corrected chi connectivity index (χ4v) is 2.30. The minimum atomic E-state index is -1.28. The average molecular weight is 436 g/mol. The van der Waals surface area contributed by atoms with E-state index in [1.54, 1.807) is 6.07 Å². The van der Waals surface area contributed by atoms with E-state index in [9.17, 15) is 23.1 Å². The summed E-state index contributed by atoms with van der Waals surface area (Å²) >= 11 is 1.92. The van der Waals surface area contributed by atoms with Crippen LogP contribution >= 0.6 is 22.6 Å². The minimum absolute atomic E-state index is 0.00352. The number of rotatable bonds is 6. The van der Waals surface area contributed by atoms with Crippen molar-refractivity contribution < 1.29 is 23.1 Å². The Balaban J connectivity index is 2.38. The number of aliphatic hydroxyl groups is 1. The fraction of sp³-hybridized carbons (Fsp3) is 0.133. The topological polar surface area (TPSA) is 61.4 Å². The van der Waals surface area contributed by atoms with Crippen LogP contribution in [0.3, 0.4) is 0 Å². The Morgan fingerprint density at radius 3 is 2.48 bits per heavy atom. The van der Waals surface area contributed by atoms with Gasteiger partial charge in [-0.15, -0.1) is 0 Å². The molecule has 2 aromatic carbocycles. The number of anilines is 3. The van der Waals surface area contributed by atoms with E-state index in [0.717, 1.165) is 6.07 Å². The molecule has 0 heterocycles.